The molecule has 0 radical (unpaired) electrons. The van der Waals surface area contributed by atoms with E-state index in [0.717, 1.165) is 25.3 Å². The molecule has 1 heterocycles. The zero-order valence-electron chi connectivity index (χ0n) is 13.2. The molecule has 114 valence electrons. The van der Waals surface area contributed by atoms with E-state index >= 15 is 0 Å². The van der Waals surface area contributed by atoms with Gasteiger partial charge >= 0.3 is 0 Å². The lowest BCUT2D eigenvalue weighted by atomic mass is 10.0. The molecule has 1 N–H and O–H groups in total. The highest BCUT2D eigenvalue weighted by atomic mass is 16.5. The first-order valence-electron chi connectivity index (χ1n) is 7.77. The summed E-state index contributed by atoms with van der Waals surface area (Å²) < 4.78 is 7.74. The van der Waals surface area contributed by atoms with E-state index < -0.39 is 0 Å². The van der Waals surface area contributed by atoms with E-state index in [1.54, 1.807) is 0 Å². The van der Waals surface area contributed by atoms with Gasteiger partial charge < -0.3 is 10.1 Å². The van der Waals surface area contributed by atoms with Crippen LogP contribution in [0.1, 0.15) is 44.4 Å². The van der Waals surface area contributed by atoms with Crippen molar-refractivity contribution in [2.75, 3.05) is 13.2 Å². The third-order valence-corrected chi connectivity index (χ3v) is 3.44. The Balaban J connectivity index is 2.35. The van der Waals surface area contributed by atoms with E-state index in [1.165, 1.54) is 11.1 Å². The third-order valence-electron chi connectivity index (χ3n) is 3.44. The van der Waals surface area contributed by atoms with Crippen LogP contribution in [0, 0.1) is 0 Å². The summed E-state index contributed by atoms with van der Waals surface area (Å²) in [5.74, 6) is 0.942. The quantitative estimate of drug-likeness (QED) is 0.809. The molecule has 0 aliphatic heterocycles. The first-order valence-corrected chi connectivity index (χ1v) is 7.77. The molecule has 0 aliphatic carbocycles. The van der Waals surface area contributed by atoms with Gasteiger partial charge in [-0.15, -0.1) is 0 Å². The van der Waals surface area contributed by atoms with Gasteiger partial charge in [0.05, 0.1) is 18.8 Å². The molecule has 0 spiro atoms. The number of ether oxygens (including phenoxy) is 1. The number of nitrogens with one attached hydrogen (secondary N) is 1. The molecular formula is C17H25N3O. The zero-order valence-corrected chi connectivity index (χ0v) is 13.2. The van der Waals surface area contributed by atoms with Crippen LogP contribution in [-0.2, 0) is 6.54 Å². The first-order chi connectivity index (χ1) is 10.3. The van der Waals surface area contributed by atoms with Crippen molar-refractivity contribution in [3.05, 3.63) is 47.8 Å². The van der Waals surface area contributed by atoms with Crippen LogP contribution in [0.15, 0.2) is 36.7 Å². The largest absolute Gasteiger partial charge is 0.494 e. The molecule has 2 rings (SSSR count). The molecule has 0 saturated heterocycles. The van der Waals surface area contributed by atoms with E-state index in [9.17, 15) is 0 Å². The highest BCUT2D eigenvalue weighted by Crippen LogP contribution is 2.30. The van der Waals surface area contributed by atoms with Crippen molar-refractivity contribution in [3.63, 3.8) is 0 Å². The predicted molar refractivity (Wildman–Crippen MR) is 85.6 cm³/mol. The van der Waals surface area contributed by atoms with Crippen LogP contribution in [-0.4, -0.2) is 22.9 Å². The summed E-state index contributed by atoms with van der Waals surface area (Å²) in [7, 11) is 0. The van der Waals surface area contributed by atoms with Crippen molar-refractivity contribution in [2.45, 2.75) is 39.8 Å². The second-order valence-corrected chi connectivity index (χ2v) is 4.99. The molecule has 0 saturated carbocycles. The average Bonchev–Trinajstić information content (AvgIpc) is 2.98. The van der Waals surface area contributed by atoms with E-state index in [1.807, 2.05) is 29.9 Å². The minimum Gasteiger partial charge on any atom is -0.494 e. The molecule has 1 aromatic heterocycles. The number of benzene rings is 1. The lowest BCUT2D eigenvalue weighted by Gasteiger charge is -2.20. The summed E-state index contributed by atoms with van der Waals surface area (Å²) >= 11 is 0. The van der Waals surface area contributed by atoms with E-state index in [4.69, 9.17) is 4.74 Å². The van der Waals surface area contributed by atoms with Gasteiger partial charge in [0.15, 0.2) is 0 Å². The number of hydrogen-bond donors (Lipinski definition) is 1. The normalized spacial score (nSPS) is 12.3. The zero-order chi connectivity index (χ0) is 15.1. The third kappa shape index (κ3) is 3.85. The van der Waals surface area contributed by atoms with E-state index in [2.05, 4.69) is 42.6 Å². The van der Waals surface area contributed by atoms with Crippen LogP contribution in [0.4, 0.5) is 0 Å². The SMILES string of the molecule is CCCNC(c1cnn(CC)c1)c1ccccc1OCC. The Labute approximate surface area is 127 Å². The van der Waals surface area contributed by atoms with Crippen LogP contribution in [0.25, 0.3) is 0 Å². The van der Waals surface area contributed by atoms with Gasteiger partial charge in [0.2, 0.25) is 0 Å². The Morgan fingerprint density at radius 2 is 2.05 bits per heavy atom. The van der Waals surface area contributed by atoms with Gasteiger partial charge in [-0.2, -0.15) is 5.10 Å². The maximum absolute atomic E-state index is 5.79. The fraction of sp³-hybridized carbons (Fsp3) is 0.471. The molecule has 0 bridgehead atoms. The predicted octanol–water partition coefficient (Wildman–Crippen LogP) is 3.39. The van der Waals surface area contributed by atoms with Gasteiger partial charge in [-0.05, 0) is 32.9 Å². The summed E-state index contributed by atoms with van der Waals surface area (Å²) in [5.41, 5.74) is 2.35. The molecule has 4 heteroatoms. The summed E-state index contributed by atoms with van der Waals surface area (Å²) in [6, 6.07) is 8.35. The summed E-state index contributed by atoms with van der Waals surface area (Å²) in [5, 5.41) is 8.01. The van der Waals surface area contributed by atoms with Gasteiger partial charge in [-0.25, -0.2) is 0 Å². The van der Waals surface area contributed by atoms with Crippen molar-refractivity contribution in [1.29, 1.82) is 0 Å². The molecule has 21 heavy (non-hydrogen) atoms. The van der Waals surface area contributed by atoms with Crippen LogP contribution < -0.4 is 10.1 Å². The molecule has 2 aromatic rings. The van der Waals surface area contributed by atoms with Crippen LogP contribution in [0.3, 0.4) is 0 Å². The monoisotopic (exact) mass is 287 g/mol. The highest BCUT2D eigenvalue weighted by Gasteiger charge is 2.19. The lowest BCUT2D eigenvalue weighted by Crippen LogP contribution is -2.23. The van der Waals surface area contributed by atoms with Gasteiger partial charge in [0.25, 0.3) is 0 Å². The molecule has 0 aliphatic rings. The molecule has 0 fully saturated rings. The van der Waals surface area contributed by atoms with Crippen LogP contribution in [0.5, 0.6) is 5.75 Å². The number of aryl methyl sites for hydroxylation is 1. The Morgan fingerprint density at radius 1 is 1.24 bits per heavy atom. The Hall–Kier alpha value is -1.81. The Morgan fingerprint density at radius 3 is 2.71 bits per heavy atom. The molecule has 1 unspecified atom stereocenters. The Kier molecular flexibility index (Phi) is 5.81. The molecule has 4 nitrogen and oxygen atoms in total. The summed E-state index contributed by atoms with van der Waals surface area (Å²) in [4.78, 5) is 0. The number of aromatic nitrogens is 2. The molecule has 0 amide bonds. The fourth-order valence-electron chi connectivity index (χ4n) is 2.40. The maximum atomic E-state index is 5.79. The standard InChI is InChI=1S/C17H25N3O/c1-4-11-18-17(14-12-19-20(5-2)13-14)15-9-7-8-10-16(15)21-6-3/h7-10,12-13,17-18H,4-6,11H2,1-3H3. The summed E-state index contributed by atoms with van der Waals surface area (Å²) in [6.07, 6.45) is 5.14. The smallest absolute Gasteiger partial charge is 0.124 e. The topological polar surface area (TPSA) is 39.1 Å². The number of para-hydroxylation sites is 1. The second kappa shape index (κ2) is 7.84. The van der Waals surface area contributed by atoms with Crippen LogP contribution >= 0.6 is 0 Å². The van der Waals surface area contributed by atoms with Crippen LogP contribution in [0.2, 0.25) is 0 Å². The van der Waals surface area contributed by atoms with E-state index in [0.29, 0.717) is 6.61 Å². The minimum absolute atomic E-state index is 0.119. The summed E-state index contributed by atoms with van der Waals surface area (Å²) in [6.45, 7) is 8.80. The first kappa shape index (κ1) is 15.6. The van der Waals surface area contributed by atoms with Crippen molar-refractivity contribution in [2.24, 2.45) is 0 Å². The van der Waals surface area contributed by atoms with Crippen molar-refractivity contribution >= 4 is 0 Å². The number of nitrogens with zero attached hydrogens (tertiary/aromatic N) is 2. The van der Waals surface area contributed by atoms with Gasteiger partial charge in [0.1, 0.15) is 5.75 Å². The van der Waals surface area contributed by atoms with Gasteiger partial charge in [-0.1, -0.05) is 25.1 Å². The van der Waals surface area contributed by atoms with Gasteiger partial charge in [0, 0.05) is 23.9 Å². The number of hydrogen-bond acceptors (Lipinski definition) is 3. The number of rotatable bonds is 8. The van der Waals surface area contributed by atoms with Gasteiger partial charge in [-0.3, -0.25) is 4.68 Å². The maximum Gasteiger partial charge on any atom is 0.124 e. The average molecular weight is 287 g/mol. The highest BCUT2D eigenvalue weighted by molar-refractivity contribution is 5.40. The van der Waals surface area contributed by atoms with Crippen molar-refractivity contribution in [3.8, 4) is 5.75 Å². The van der Waals surface area contributed by atoms with Crippen molar-refractivity contribution in [1.82, 2.24) is 15.1 Å². The molecule has 1 aromatic carbocycles. The van der Waals surface area contributed by atoms with E-state index in [-0.39, 0.29) is 6.04 Å². The second-order valence-electron chi connectivity index (χ2n) is 4.99. The molecular weight excluding hydrogens is 262 g/mol. The Bertz CT molecular complexity index is 550. The fourth-order valence-corrected chi connectivity index (χ4v) is 2.40. The van der Waals surface area contributed by atoms with Crippen molar-refractivity contribution < 1.29 is 4.74 Å². The lowest BCUT2D eigenvalue weighted by molar-refractivity contribution is 0.333. The minimum atomic E-state index is 0.119. The molecule has 1 atom stereocenters.